The lowest BCUT2D eigenvalue weighted by atomic mass is 10.1. The average molecular weight is 242 g/mol. The van der Waals surface area contributed by atoms with E-state index in [9.17, 15) is 0 Å². The number of hydrogen-bond donors (Lipinski definition) is 2. The van der Waals surface area contributed by atoms with E-state index >= 15 is 0 Å². The maximum Gasteiger partial charge on any atom is 0.0576 e. The van der Waals surface area contributed by atoms with Crippen LogP contribution in [0.15, 0.2) is 0 Å². The van der Waals surface area contributed by atoms with Crippen LogP contribution in [0.25, 0.3) is 0 Å². The lowest BCUT2D eigenvalue weighted by Gasteiger charge is -2.24. The molecular formula is C14H30N2O. The minimum Gasteiger partial charge on any atom is -0.378 e. The van der Waals surface area contributed by atoms with Crippen molar-refractivity contribution in [3.63, 3.8) is 0 Å². The van der Waals surface area contributed by atoms with Crippen molar-refractivity contribution < 1.29 is 4.74 Å². The molecule has 0 aromatic carbocycles. The molecule has 0 aromatic heterocycles. The zero-order chi connectivity index (χ0) is 12.7. The Bertz CT molecular complexity index is 195. The quantitative estimate of drug-likeness (QED) is 0.672. The van der Waals surface area contributed by atoms with E-state index in [1.807, 2.05) is 0 Å². The van der Waals surface area contributed by atoms with Crippen LogP contribution in [0.4, 0.5) is 0 Å². The van der Waals surface area contributed by atoms with Gasteiger partial charge in [-0.25, -0.2) is 0 Å². The topological polar surface area (TPSA) is 33.3 Å². The van der Waals surface area contributed by atoms with Crippen molar-refractivity contribution in [2.24, 2.45) is 0 Å². The minimum atomic E-state index is 0.216. The van der Waals surface area contributed by atoms with Gasteiger partial charge in [0.2, 0.25) is 0 Å². The van der Waals surface area contributed by atoms with Crippen molar-refractivity contribution in [2.75, 3.05) is 19.7 Å². The Balaban J connectivity index is 1.94. The molecule has 17 heavy (non-hydrogen) atoms. The summed E-state index contributed by atoms with van der Waals surface area (Å²) in [7, 11) is 0. The summed E-state index contributed by atoms with van der Waals surface area (Å²) in [6.45, 7) is 12.0. The molecule has 0 aromatic rings. The fourth-order valence-corrected chi connectivity index (χ4v) is 2.08. The summed E-state index contributed by atoms with van der Waals surface area (Å²) in [6, 6.07) is 0.540. The van der Waals surface area contributed by atoms with E-state index in [2.05, 4.69) is 38.3 Å². The second-order valence-corrected chi connectivity index (χ2v) is 6.26. The van der Waals surface area contributed by atoms with Crippen molar-refractivity contribution >= 4 is 0 Å². The highest BCUT2D eigenvalue weighted by atomic mass is 16.5. The Labute approximate surface area is 107 Å². The highest BCUT2D eigenvalue weighted by Gasteiger charge is 2.15. The fraction of sp³-hybridized carbons (Fsp3) is 1.00. The molecule has 1 aliphatic rings. The molecule has 1 rings (SSSR count). The SMILES string of the molecule is CC(CNC(C)(C)C)NCCCC1CCCO1. The van der Waals surface area contributed by atoms with Gasteiger partial charge in [-0.2, -0.15) is 0 Å². The van der Waals surface area contributed by atoms with Crippen LogP contribution in [0.5, 0.6) is 0 Å². The highest BCUT2D eigenvalue weighted by Crippen LogP contribution is 2.16. The van der Waals surface area contributed by atoms with E-state index in [1.165, 1.54) is 25.7 Å². The van der Waals surface area contributed by atoms with Crippen molar-refractivity contribution in [3.05, 3.63) is 0 Å². The van der Waals surface area contributed by atoms with Gasteiger partial charge >= 0.3 is 0 Å². The first-order chi connectivity index (χ1) is 7.97. The van der Waals surface area contributed by atoms with Gasteiger partial charge in [0.05, 0.1) is 6.10 Å². The van der Waals surface area contributed by atoms with Gasteiger partial charge in [0.25, 0.3) is 0 Å². The van der Waals surface area contributed by atoms with E-state index < -0.39 is 0 Å². The van der Waals surface area contributed by atoms with Crippen LogP contribution < -0.4 is 10.6 Å². The molecule has 2 atom stereocenters. The highest BCUT2D eigenvalue weighted by molar-refractivity contribution is 4.74. The van der Waals surface area contributed by atoms with Crippen LogP contribution >= 0.6 is 0 Å². The summed E-state index contributed by atoms with van der Waals surface area (Å²) in [5, 5.41) is 7.08. The summed E-state index contributed by atoms with van der Waals surface area (Å²) in [6.07, 6.45) is 5.50. The molecule has 1 saturated heterocycles. The van der Waals surface area contributed by atoms with Crippen LogP contribution in [0.2, 0.25) is 0 Å². The largest absolute Gasteiger partial charge is 0.378 e. The first-order valence-corrected chi connectivity index (χ1v) is 7.07. The van der Waals surface area contributed by atoms with E-state index in [0.717, 1.165) is 19.7 Å². The van der Waals surface area contributed by atoms with E-state index in [4.69, 9.17) is 4.74 Å². The van der Waals surface area contributed by atoms with Crippen LogP contribution in [0.1, 0.15) is 53.4 Å². The first kappa shape index (κ1) is 14.9. The molecular weight excluding hydrogens is 212 g/mol. The summed E-state index contributed by atoms with van der Waals surface area (Å²) in [5.41, 5.74) is 0.216. The molecule has 1 aliphatic heterocycles. The molecule has 0 aliphatic carbocycles. The van der Waals surface area contributed by atoms with Crippen LogP contribution in [0.3, 0.4) is 0 Å². The van der Waals surface area contributed by atoms with Gasteiger partial charge in [-0.05, 0) is 59.9 Å². The molecule has 0 amide bonds. The summed E-state index contributed by atoms with van der Waals surface area (Å²) >= 11 is 0. The predicted molar refractivity (Wildman–Crippen MR) is 73.4 cm³/mol. The molecule has 102 valence electrons. The Morgan fingerprint density at radius 3 is 2.71 bits per heavy atom. The Kier molecular flexibility index (Phi) is 6.45. The molecule has 0 saturated carbocycles. The molecule has 1 fully saturated rings. The van der Waals surface area contributed by atoms with Crippen molar-refractivity contribution in [3.8, 4) is 0 Å². The third-order valence-corrected chi connectivity index (χ3v) is 3.16. The summed E-state index contributed by atoms with van der Waals surface area (Å²) in [5.74, 6) is 0. The van der Waals surface area contributed by atoms with Gasteiger partial charge in [-0.15, -0.1) is 0 Å². The first-order valence-electron chi connectivity index (χ1n) is 7.07. The lowest BCUT2D eigenvalue weighted by molar-refractivity contribution is 0.102. The number of ether oxygens (including phenoxy) is 1. The average Bonchev–Trinajstić information content (AvgIpc) is 2.73. The van der Waals surface area contributed by atoms with Crippen LogP contribution in [-0.2, 0) is 4.74 Å². The van der Waals surface area contributed by atoms with Crippen molar-refractivity contribution in [2.45, 2.75) is 71.1 Å². The number of hydrogen-bond acceptors (Lipinski definition) is 3. The van der Waals surface area contributed by atoms with Gasteiger partial charge in [-0.1, -0.05) is 0 Å². The number of nitrogens with one attached hydrogen (secondary N) is 2. The number of rotatable bonds is 7. The normalized spacial score (nSPS) is 22.9. The molecule has 2 N–H and O–H groups in total. The molecule has 1 heterocycles. The van der Waals surface area contributed by atoms with E-state index in [-0.39, 0.29) is 5.54 Å². The molecule has 3 nitrogen and oxygen atoms in total. The smallest absolute Gasteiger partial charge is 0.0576 e. The van der Waals surface area contributed by atoms with Gasteiger partial charge in [0, 0.05) is 24.7 Å². The zero-order valence-corrected chi connectivity index (χ0v) is 12.0. The summed E-state index contributed by atoms with van der Waals surface area (Å²) < 4.78 is 5.61. The Morgan fingerprint density at radius 1 is 1.35 bits per heavy atom. The van der Waals surface area contributed by atoms with Gasteiger partial charge in [-0.3, -0.25) is 0 Å². The minimum absolute atomic E-state index is 0.216. The molecule has 0 bridgehead atoms. The monoisotopic (exact) mass is 242 g/mol. The maximum absolute atomic E-state index is 5.61. The van der Waals surface area contributed by atoms with Crippen LogP contribution in [-0.4, -0.2) is 37.4 Å². The van der Waals surface area contributed by atoms with Crippen molar-refractivity contribution in [1.29, 1.82) is 0 Å². The lowest BCUT2D eigenvalue weighted by Crippen LogP contribution is -2.44. The second kappa shape index (κ2) is 7.34. The van der Waals surface area contributed by atoms with Gasteiger partial charge in [0.15, 0.2) is 0 Å². The standard InChI is InChI=1S/C14H30N2O/c1-12(11-16-14(2,3)4)15-9-5-7-13-8-6-10-17-13/h12-13,15-16H,5-11H2,1-4H3. The Hall–Kier alpha value is -0.120. The van der Waals surface area contributed by atoms with Gasteiger partial charge < -0.3 is 15.4 Å². The molecule has 2 unspecified atom stereocenters. The zero-order valence-electron chi connectivity index (χ0n) is 12.0. The maximum atomic E-state index is 5.61. The predicted octanol–water partition coefficient (Wildman–Crippen LogP) is 2.31. The Morgan fingerprint density at radius 2 is 2.12 bits per heavy atom. The molecule has 3 heteroatoms. The molecule has 0 radical (unpaired) electrons. The fourth-order valence-electron chi connectivity index (χ4n) is 2.08. The van der Waals surface area contributed by atoms with E-state index in [1.54, 1.807) is 0 Å². The van der Waals surface area contributed by atoms with E-state index in [0.29, 0.717) is 12.1 Å². The van der Waals surface area contributed by atoms with Crippen LogP contribution in [0, 0.1) is 0 Å². The third-order valence-electron chi connectivity index (χ3n) is 3.16. The molecule has 0 spiro atoms. The summed E-state index contributed by atoms with van der Waals surface area (Å²) in [4.78, 5) is 0. The third kappa shape index (κ3) is 7.74. The second-order valence-electron chi connectivity index (χ2n) is 6.26. The van der Waals surface area contributed by atoms with Gasteiger partial charge in [0.1, 0.15) is 0 Å². The van der Waals surface area contributed by atoms with Crippen molar-refractivity contribution in [1.82, 2.24) is 10.6 Å².